The lowest BCUT2D eigenvalue weighted by Gasteiger charge is -2.27. The van der Waals surface area contributed by atoms with E-state index in [9.17, 15) is 0 Å². The Labute approximate surface area is 150 Å². The lowest BCUT2D eigenvalue weighted by molar-refractivity contribution is 0.239. The number of aromatic nitrogens is 2. The highest BCUT2D eigenvalue weighted by atomic mass is 16.5. The third-order valence-corrected chi connectivity index (χ3v) is 4.33. The van der Waals surface area contributed by atoms with Crippen LogP contribution in [0.1, 0.15) is 39.2 Å². The molecule has 0 bridgehead atoms. The molecule has 25 heavy (non-hydrogen) atoms. The summed E-state index contributed by atoms with van der Waals surface area (Å²) in [4.78, 5) is 11.5. The van der Waals surface area contributed by atoms with Gasteiger partial charge in [0.15, 0.2) is 0 Å². The monoisotopic (exact) mass is 340 g/mol. The smallest absolute Gasteiger partial charge is 0.225 e. The summed E-state index contributed by atoms with van der Waals surface area (Å²) >= 11 is 0. The number of piperazine rings is 1. The Morgan fingerprint density at radius 1 is 1.08 bits per heavy atom. The largest absolute Gasteiger partial charge is 0.491 e. The first-order chi connectivity index (χ1) is 12.0. The SMILES string of the molecule is CC(C)Oc1ccc(-c2ccnc(N3CCNCC3)n2)cc1C(C)C. The zero-order valence-corrected chi connectivity index (χ0v) is 15.6. The number of rotatable bonds is 5. The summed E-state index contributed by atoms with van der Waals surface area (Å²) in [6.45, 7) is 12.4. The number of benzene rings is 1. The minimum absolute atomic E-state index is 0.168. The molecule has 2 heterocycles. The van der Waals surface area contributed by atoms with Crippen molar-refractivity contribution < 1.29 is 4.74 Å². The molecular formula is C20H28N4O. The molecule has 5 heteroatoms. The molecule has 0 saturated carbocycles. The molecule has 1 aliphatic rings. The molecule has 1 N–H and O–H groups in total. The second kappa shape index (κ2) is 7.83. The van der Waals surface area contributed by atoms with Crippen LogP contribution in [0.25, 0.3) is 11.3 Å². The Bertz CT molecular complexity index is 709. The molecule has 1 fully saturated rings. The standard InChI is InChI=1S/C20H28N4O/c1-14(2)17-13-16(5-6-19(17)25-15(3)4)18-7-8-22-20(23-18)24-11-9-21-10-12-24/h5-8,13-15,21H,9-12H2,1-4H3. The molecule has 0 amide bonds. The van der Waals surface area contributed by atoms with Crippen LogP contribution in [-0.4, -0.2) is 42.3 Å². The van der Waals surface area contributed by atoms with E-state index < -0.39 is 0 Å². The molecule has 5 nitrogen and oxygen atoms in total. The van der Waals surface area contributed by atoms with E-state index in [0.29, 0.717) is 5.92 Å². The number of anilines is 1. The van der Waals surface area contributed by atoms with Gasteiger partial charge in [0.25, 0.3) is 0 Å². The van der Waals surface area contributed by atoms with Crippen molar-refractivity contribution in [2.75, 3.05) is 31.1 Å². The van der Waals surface area contributed by atoms with Gasteiger partial charge >= 0.3 is 0 Å². The van der Waals surface area contributed by atoms with Gasteiger partial charge in [-0.3, -0.25) is 0 Å². The molecule has 0 radical (unpaired) electrons. The summed E-state index contributed by atoms with van der Waals surface area (Å²) in [6, 6.07) is 8.34. The predicted molar refractivity (Wildman–Crippen MR) is 102 cm³/mol. The fraction of sp³-hybridized carbons (Fsp3) is 0.500. The van der Waals surface area contributed by atoms with Crippen molar-refractivity contribution in [3.8, 4) is 17.0 Å². The molecule has 2 aromatic rings. The van der Waals surface area contributed by atoms with E-state index in [0.717, 1.165) is 49.1 Å². The van der Waals surface area contributed by atoms with Crippen molar-refractivity contribution in [1.82, 2.24) is 15.3 Å². The molecule has 0 unspecified atom stereocenters. The number of hydrogen-bond acceptors (Lipinski definition) is 5. The van der Waals surface area contributed by atoms with Gasteiger partial charge in [-0.1, -0.05) is 13.8 Å². The fourth-order valence-corrected chi connectivity index (χ4v) is 3.05. The van der Waals surface area contributed by atoms with E-state index in [1.54, 1.807) is 0 Å². The van der Waals surface area contributed by atoms with Crippen LogP contribution in [0.5, 0.6) is 5.75 Å². The van der Waals surface area contributed by atoms with Gasteiger partial charge in [0.2, 0.25) is 5.95 Å². The number of ether oxygens (including phenoxy) is 1. The first-order valence-corrected chi connectivity index (χ1v) is 9.14. The van der Waals surface area contributed by atoms with Crippen molar-refractivity contribution >= 4 is 5.95 Å². The molecule has 134 valence electrons. The highest BCUT2D eigenvalue weighted by Crippen LogP contribution is 2.32. The molecule has 3 rings (SSSR count). The average Bonchev–Trinajstić information content (AvgIpc) is 2.62. The minimum atomic E-state index is 0.168. The number of nitrogens with zero attached hydrogens (tertiary/aromatic N) is 3. The van der Waals surface area contributed by atoms with Gasteiger partial charge in [-0.25, -0.2) is 9.97 Å². The molecule has 1 aliphatic heterocycles. The van der Waals surface area contributed by atoms with Crippen LogP contribution < -0.4 is 15.0 Å². The Balaban J connectivity index is 1.92. The van der Waals surface area contributed by atoms with Crippen LogP contribution >= 0.6 is 0 Å². The predicted octanol–water partition coefficient (Wildman–Crippen LogP) is 3.46. The second-order valence-corrected chi connectivity index (χ2v) is 7.05. The van der Waals surface area contributed by atoms with Gasteiger partial charge in [0, 0.05) is 37.9 Å². The summed E-state index contributed by atoms with van der Waals surface area (Å²) in [6.07, 6.45) is 2.02. The number of nitrogens with one attached hydrogen (secondary N) is 1. The summed E-state index contributed by atoms with van der Waals surface area (Å²) in [5.74, 6) is 2.17. The van der Waals surface area contributed by atoms with Crippen molar-refractivity contribution in [3.05, 3.63) is 36.0 Å². The van der Waals surface area contributed by atoms with Crippen LogP contribution in [-0.2, 0) is 0 Å². The van der Waals surface area contributed by atoms with Crippen LogP contribution in [0.15, 0.2) is 30.5 Å². The van der Waals surface area contributed by atoms with Gasteiger partial charge in [-0.2, -0.15) is 0 Å². The fourth-order valence-electron chi connectivity index (χ4n) is 3.05. The molecule has 1 aromatic carbocycles. The van der Waals surface area contributed by atoms with Crippen LogP contribution in [0, 0.1) is 0 Å². The van der Waals surface area contributed by atoms with Crippen molar-refractivity contribution in [2.45, 2.75) is 39.7 Å². The molecule has 0 atom stereocenters. The summed E-state index contributed by atoms with van der Waals surface area (Å²) in [5.41, 5.74) is 3.29. The Hall–Kier alpha value is -2.14. The highest BCUT2D eigenvalue weighted by Gasteiger charge is 2.15. The maximum absolute atomic E-state index is 5.97. The van der Waals surface area contributed by atoms with Gasteiger partial charge in [0.1, 0.15) is 5.75 Å². The topological polar surface area (TPSA) is 50.3 Å². The zero-order valence-electron chi connectivity index (χ0n) is 15.6. The van der Waals surface area contributed by atoms with Crippen molar-refractivity contribution in [2.24, 2.45) is 0 Å². The van der Waals surface area contributed by atoms with E-state index in [-0.39, 0.29) is 6.10 Å². The third-order valence-electron chi connectivity index (χ3n) is 4.33. The second-order valence-electron chi connectivity index (χ2n) is 7.05. The normalized spacial score (nSPS) is 15.0. The van der Waals surface area contributed by atoms with E-state index in [1.807, 2.05) is 12.3 Å². The number of hydrogen-bond donors (Lipinski definition) is 1. The summed E-state index contributed by atoms with van der Waals surface area (Å²) in [7, 11) is 0. The Morgan fingerprint density at radius 2 is 1.84 bits per heavy atom. The van der Waals surface area contributed by atoms with Gasteiger partial charge in [0.05, 0.1) is 11.8 Å². The lowest BCUT2D eigenvalue weighted by Crippen LogP contribution is -2.44. The van der Waals surface area contributed by atoms with E-state index in [1.165, 1.54) is 5.56 Å². The third kappa shape index (κ3) is 4.28. The van der Waals surface area contributed by atoms with Crippen molar-refractivity contribution in [3.63, 3.8) is 0 Å². The maximum atomic E-state index is 5.97. The lowest BCUT2D eigenvalue weighted by atomic mass is 9.98. The quantitative estimate of drug-likeness (QED) is 0.903. The summed E-state index contributed by atoms with van der Waals surface area (Å²) in [5, 5.41) is 3.36. The van der Waals surface area contributed by atoms with E-state index >= 15 is 0 Å². The van der Waals surface area contributed by atoms with E-state index in [4.69, 9.17) is 9.72 Å². The van der Waals surface area contributed by atoms with Crippen LogP contribution in [0.2, 0.25) is 0 Å². The highest BCUT2D eigenvalue weighted by molar-refractivity contribution is 5.63. The molecule has 0 aliphatic carbocycles. The average molecular weight is 340 g/mol. The minimum Gasteiger partial charge on any atom is -0.491 e. The first kappa shape index (κ1) is 17.7. The molecule has 0 spiro atoms. The molecular weight excluding hydrogens is 312 g/mol. The van der Waals surface area contributed by atoms with E-state index in [2.05, 4.69) is 61.1 Å². The maximum Gasteiger partial charge on any atom is 0.225 e. The Kier molecular flexibility index (Phi) is 5.53. The summed E-state index contributed by atoms with van der Waals surface area (Å²) < 4.78 is 5.97. The van der Waals surface area contributed by atoms with Crippen LogP contribution in [0.3, 0.4) is 0 Å². The van der Waals surface area contributed by atoms with Gasteiger partial charge < -0.3 is 15.0 Å². The molecule has 1 aromatic heterocycles. The van der Waals surface area contributed by atoms with Crippen LogP contribution in [0.4, 0.5) is 5.95 Å². The van der Waals surface area contributed by atoms with Crippen molar-refractivity contribution in [1.29, 1.82) is 0 Å². The molecule has 1 saturated heterocycles. The van der Waals surface area contributed by atoms with Gasteiger partial charge in [-0.15, -0.1) is 0 Å². The van der Waals surface area contributed by atoms with Gasteiger partial charge in [-0.05, 0) is 49.6 Å². The first-order valence-electron chi connectivity index (χ1n) is 9.14. The Morgan fingerprint density at radius 3 is 2.52 bits per heavy atom. The zero-order chi connectivity index (χ0) is 17.8.